The number of fused-ring (bicyclic) bond motifs is 6. The summed E-state index contributed by atoms with van der Waals surface area (Å²) in [5, 5.41) is 4.59. The molecule has 3 heterocycles. The number of hydrogen-bond donors (Lipinski definition) is 0. The second kappa shape index (κ2) is 13.5. The second-order valence-corrected chi connectivity index (χ2v) is 14.4. The van der Waals surface area contributed by atoms with Crippen LogP contribution in [0.4, 0.5) is 8.78 Å². The van der Waals surface area contributed by atoms with Gasteiger partial charge in [0.15, 0.2) is 17.5 Å². The number of benzene rings is 8. The third-order valence-electron chi connectivity index (χ3n) is 10.9. The molecule has 7 heteroatoms. The zero-order valence-corrected chi connectivity index (χ0v) is 30.9. The zero-order valence-electron chi connectivity index (χ0n) is 30.9. The van der Waals surface area contributed by atoms with Gasteiger partial charge in [0.05, 0.1) is 22.1 Å². The van der Waals surface area contributed by atoms with Crippen molar-refractivity contribution in [3.05, 3.63) is 200 Å². The van der Waals surface area contributed by atoms with E-state index < -0.39 is 11.6 Å². The molecule has 0 radical (unpaired) electrons. The van der Waals surface area contributed by atoms with Crippen molar-refractivity contribution in [3.63, 3.8) is 0 Å². The normalized spacial score (nSPS) is 11.6. The van der Waals surface area contributed by atoms with Crippen LogP contribution in [0.25, 0.3) is 100 Å². The number of nitrogens with zero attached hydrogens (tertiary/aromatic N) is 5. The standard InChI is InChI=1S/C51H31F2N5/c52-35-27-34(28-36(53)29-35)39-25-23-37(31-44(39)51-55-49(32-13-3-1-4-14-32)54-50(56-51)33-15-5-2-6-16-33)58-47-22-12-9-19-42(47)43-30-38(24-26-48(43)58)57-45-20-10-7-17-40(45)41-18-8-11-21-46(41)57/h1-31H. The van der Waals surface area contributed by atoms with Crippen LogP contribution in [0.2, 0.25) is 0 Å². The van der Waals surface area contributed by atoms with Crippen LogP contribution in [0.15, 0.2) is 188 Å². The number of aromatic nitrogens is 5. The molecule has 0 aliphatic heterocycles. The van der Waals surface area contributed by atoms with Crippen LogP contribution in [0.3, 0.4) is 0 Å². The van der Waals surface area contributed by atoms with Crippen molar-refractivity contribution in [1.29, 1.82) is 0 Å². The van der Waals surface area contributed by atoms with E-state index in [1.54, 1.807) is 0 Å². The first-order valence-corrected chi connectivity index (χ1v) is 19.1. The largest absolute Gasteiger partial charge is 0.309 e. The van der Waals surface area contributed by atoms with Crippen molar-refractivity contribution >= 4 is 43.6 Å². The zero-order chi connectivity index (χ0) is 38.7. The molecule has 11 aromatic rings. The fraction of sp³-hybridized carbons (Fsp3) is 0. The molecule has 0 saturated heterocycles. The molecule has 3 aromatic heterocycles. The summed E-state index contributed by atoms with van der Waals surface area (Å²) >= 11 is 0. The topological polar surface area (TPSA) is 48.5 Å². The van der Waals surface area contributed by atoms with Gasteiger partial charge >= 0.3 is 0 Å². The van der Waals surface area contributed by atoms with E-state index in [1.807, 2.05) is 84.9 Å². The Morgan fingerprint density at radius 1 is 0.310 bits per heavy atom. The molecule has 0 amide bonds. The first-order valence-electron chi connectivity index (χ1n) is 19.1. The van der Waals surface area contributed by atoms with E-state index >= 15 is 0 Å². The lowest BCUT2D eigenvalue weighted by Gasteiger charge is -2.16. The Bertz CT molecular complexity index is 3240. The minimum absolute atomic E-state index is 0.375. The molecule has 0 spiro atoms. The average Bonchev–Trinajstić information content (AvgIpc) is 3.79. The van der Waals surface area contributed by atoms with Crippen molar-refractivity contribution in [1.82, 2.24) is 24.1 Å². The Kier molecular flexibility index (Phi) is 7.79. The molecular formula is C51H31F2N5. The van der Waals surface area contributed by atoms with Gasteiger partial charge in [-0.3, -0.25) is 0 Å². The first-order chi connectivity index (χ1) is 28.6. The molecule has 0 unspecified atom stereocenters. The molecule has 0 aliphatic rings. The average molecular weight is 752 g/mol. The third-order valence-corrected chi connectivity index (χ3v) is 10.9. The highest BCUT2D eigenvalue weighted by molar-refractivity contribution is 6.12. The van der Waals surface area contributed by atoms with Crippen molar-refractivity contribution in [3.8, 4) is 56.7 Å². The Morgan fingerprint density at radius 3 is 1.29 bits per heavy atom. The van der Waals surface area contributed by atoms with Gasteiger partial charge < -0.3 is 9.13 Å². The van der Waals surface area contributed by atoms with E-state index in [1.165, 1.54) is 22.9 Å². The minimum atomic E-state index is -0.669. The second-order valence-electron chi connectivity index (χ2n) is 14.4. The Morgan fingerprint density at radius 2 is 0.741 bits per heavy atom. The quantitative estimate of drug-likeness (QED) is 0.170. The molecule has 0 atom stereocenters. The van der Waals surface area contributed by atoms with Crippen LogP contribution in [0.5, 0.6) is 0 Å². The van der Waals surface area contributed by atoms with Gasteiger partial charge in [-0.05, 0) is 71.8 Å². The third kappa shape index (κ3) is 5.55. The van der Waals surface area contributed by atoms with Crippen molar-refractivity contribution in [2.45, 2.75) is 0 Å². The molecule has 0 fully saturated rings. The summed E-state index contributed by atoms with van der Waals surface area (Å²) in [7, 11) is 0. The van der Waals surface area contributed by atoms with Gasteiger partial charge in [-0.1, -0.05) is 121 Å². The van der Waals surface area contributed by atoms with Gasteiger partial charge in [-0.2, -0.15) is 0 Å². The Balaban J connectivity index is 1.16. The van der Waals surface area contributed by atoms with Gasteiger partial charge in [-0.25, -0.2) is 23.7 Å². The molecule has 0 bridgehead atoms. The van der Waals surface area contributed by atoms with Crippen LogP contribution in [0.1, 0.15) is 0 Å². The van der Waals surface area contributed by atoms with E-state index in [2.05, 4.69) is 94.1 Å². The van der Waals surface area contributed by atoms with Gasteiger partial charge in [0.2, 0.25) is 0 Å². The summed E-state index contributed by atoms with van der Waals surface area (Å²) in [6, 6.07) is 61.0. The maximum absolute atomic E-state index is 14.9. The molecule has 0 aliphatic carbocycles. The van der Waals surface area contributed by atoms with Gasteiger partial charge in [-0.15, -0.1) is 0 Å². The lowest BCUT2D eigenvalue weighted by molar-refractivity contribution is 0.584. The number of rotatable bonds is 6. The monoisotopic (exact) mass is 751 g/mol. The van der Waals surface area contributed by atoms with E-state index in [0.29, 0.717) is 34.2 Å². The maximum Gasteiger partial charge on any atom is 0.164 e. The minimum Gasteiger partial charge on any atom is -0.309 e. The van der Waals surface area contributed by atoms with Gasteiger partial charge in [0.25, 0.3) is 0 Å². The summed E-state index contributed by atoms with van der Waals surface area (Å²) in [6.45, 7) is 0. The molecular weight excluding hydrogens is 721 g/mol. The Labute approximate surface area is 331 Å². The SMILES string of the molecule is Fc1cc(F)cc(-c2ccc(-n3c4ccccc4c4cc(-n5c6ccccc6c6ccccc65)ccc43)cc2-c2nc(-c3ccccc3)nc(-c3ccccc3)n2)c1. The summed E-state index contributed by atoms with van der Waals surface area (Å²) in [6.07, 6.45) is 0. The van der Waals surface area contributed by atoms with Crippen LogP contribution >= 0.6 is 0 Å². The number of halogens is 2. The molecule has 8 aromatic carbocycles. The van der Waals surface area contributed by atoms with Crippen molar-refractivity contribution in [2.24, 2.45) is 0 Å². The highest BCUT2D eigenvalue weighted by Gasteiger charge is 2.21. The molecule has 0 saturated carbocycles. The number of hydrogen-bond acceptors (Lipinski definition) is 3. The van der Waals surface area contributed by atoms with Crippen molar-refractivity contribution < 1.29 is 8.78 Å². The fourth-order valence-electron chi connectivity index (χ4n) is 8.33. The lowest BCUT2D eigenvalue weighted by Crippen LogP contribution is -2.02. The number of para-hydroxylation sites is 3. The molecule has 0 N–H and O–H groups in total. The van der Waals surface area contributed by atoms with Gasteiger partial charge in [0.1, 0.15) is 11.6 Å². The van der Waals surface area contributed by atoms with Crippen LogP contribution in [-0.4, -0.2) is 24.1 Å². The highest BCUT2D eigenvalue weighted by Crippen LogP contribution is 2.40. The molecule has 11 rings (SSSR count). The smallest absolute Gasteiger partial charge is 0.164 e. The predicted octanol–water partition coefficient (Wildman–Crippen LogP) is 13.0. The van der Waals surface area contributed by atoms with E-state index in [9.17, 15) is 8.78 Å². The fourth-order valence-corrected chi connectivity index (χ4v) is 8.33. The van der Waals surface area contributed by atoms with E-state index in [4.69, 9.17) is 15.0 Å². The van der Waals surface area contributed by atoms with Crippen LogP contribution in [-0.2, 0) is 0 Å². The van der Waals surface area contributed by atoms with Gasteiger partial charge in [0, 0.05) is 55.7 Å². The predicted molar refractivity (Wildman–Crippen MR) is 230 cm³/mol. The molecule has 5 nitrogen and oxygen atoms in total. The molecule has 274 valence electrons. The summed E-state index contributed by atoms with van der Waals surface area (Å²) < 4.78 is 34.3. The summed E-state index contributed by atoms with van der Waals surface area (Å²) in [5.74, 6) is 0.0131. The maximum atomic E-state index is 14.9. The van der Waals surface area contributed by atoms with Crippen LogP contribution in [0, 0.1) is 11.6 Å². The summed E-state index contributed by atoms with van der Waals surface area (Å²) in [5.41, 5.74) is 9.40. The first kappa shape index (κ1) is 33.6. The highest BCUT2D eigenvalue weighted by atomic mass is 19.1. The van der Waals surface area contributed by atoms with Crippen LogP contribution < -0.4 is 0 Å². The van der Waals surface area contributed by atoms with E-state index in [-0.39, 0.29) is 0 Å². The molecule has 58 heavy (non-hydrogen) atoms. The van der Waals surface area contributed by atoms with E-state index in [0.717, 1.165) is 61.4 Å². The van der Waals surface area contributed by atoms with Crippen molar-refractivity contribution in [2.75, 3.05) is 0 Å². The summed E-state index contributed by atoms with van der Waals surface area (Å²) in [4.78, 5) is 15.0. The lowest BCUT2D eigenvalue weighted by atomic mass is 9.97. The Hall–Kier alpha value is -7.77.